The van der Waals surface area contributed by atoms with Crippen LogP contribution in [-0.2, 0) is 20.8 Å². The largest absolute Gasteiger partial charge is 0.243 e. The van der Waals surface area contributed by atoms with Gasteiger partial charge in [0, 0.05) is 23.4 Å². The first-order valence-corrected chi connectivity index (χ1v) is 11.2. The van der Waals surface area contributed by atoms with E-state index in [4.69, 9.17) is 11.6 Å². The van der Waals surface area contributed by atoms with E-state index in [1.807, 2.05) is 0 Å². The van der Waals surface area contributed by atoms with Crippen LogP contribution in [0.25, 0.3) is 0 Å². The van der Waals surface area contributed by atoms with Crippen molar-refractivity contribution >= 4 is 32.4 Å². The lowest BCUT2D eigenvalue weighted by molar-refractivity contribution is 0.545. The molecule has 142 valence electrons. The zero-order valence-corrected chi connectivity index (χ0v) is 16.3. The third-order valence-corrected chi connectivity index (χ3v) is 6.80. The second kappa shape index (κ2) is 9.03. The molecule has 0 fully saturated rings. The molecule has 0 spiro atoms. The highest BCUT2D eigenvalue weighted by molar-refractivity contribution is 7.91. The van der Waals surface area contributed by atoms with Crippen molar-refractivity contribution in [2.45, 2.75) is 23.0 Å². The van der Waals surface area contributed by atoms with Gasteiger partial charge in [-0.25, -0.2) is 26.1 Å². The van der Waals surface area contributed by atoms with Crippen LogP contribution in [0.2, 0.25) is 5.02 Å². The molecule has 0 aliphatic carbocycles. The van der Waals surface area contributed by atoms with Crippen molar-refractivity contribution < 1.29 is 21.4 Å². The van der Waals surface area contributed by atoms with Gasteiger partial charge in [0.25, 0.3) is 0 Å². The molecular weight excluding hydrogens is 404 g/mol. The maximum atomic E-state index is 14.3. The molecule has 0 radical (unpaired) electrons. The smallest absolute Gasteiger partial charge is 0.185 e. The standard InChI is InChI=1S/C17H18ClF2NO3S2/c1-25(22)21-10-2-3-17(15-11-13(19)6-9-16(15)20)26(23,24)14-7-4-12(18)5-8-14/h4-9,11,17,21H,2-3,10H2,1H3. The van der Waals surface area contributed by atoms with Gasteiger partial charge in [0.05, 0.1) is 21.1 Å². The Labute approximate surface area is 159 Å². The molecule has 1 N–H and O–H groups in total. The first-order chi connectivity index (χ1) is 12.2. The minimum Gasteiger partial charge on any atom is -0.243 e. The Balaban J connectivity index is 2.40. The van der Waals surface area contributed by atoms with E-state index < -0.39 is 37.7 Å². The third-order valence-electron chi connectivity index (χ3n) is 3.77. The maximum absolute atomic E-state index is 14.3. The summed E-state index contributed by atoms with van der Waals surface area (Å²) < 4.78 is 67.6. The summed E-state index contributed by atoms with van der Waals surface area (Å²) >= 11 is 5.79. The van der Waals surface area contributed by atoms with Gasteiger partial charge in [-0.05, 0) is 55.3 Å². The first kappa shape index (κ1) is 21.0. The van der Waals surface area contributed by atoms with E-state index in [1.165, 1.54) is 30.5 Å². The molecule has 0 aliphatic heterocycles. The Morgan fingerprint density at radius 2 is 1.81 bits per heavy atom. The molecule has 2 rings (SSSR count). The second-order valence-corrected chi connectivity index (χ2v) is 9.41. The molecule has 0 saturated carbocycles. The average molecular weight is 422 g/mol. The normalized spacial score (nSPS) is 14.2. The number of sulfone groups is 1. The monoisotopic (exact) mass is 421 g/mol. The molecule has 2 unspecified atom stereocenters. The van der Waals surface area contributed by atoms with E-state index >= 15 is 0 Å². The number of hydrogen-bond donors (Lipinski definition) is 1. The summed E-state index contributed by atoms with van der Waals surface area (Å²) in [6, 6.07) is 8.27. The van der Waals surface area contributed by atoms with Gasteiger partial charge in [0.2, 0.25) is 0 Å². The predicted molar refractivity (Wildman–Crippen MR) is 99.0 cm³/mol. The third kappa shape index (κ3) is 5.33. The fraction of sp³-hybridized carbons (Fsp3) is 0.294. The van der Waals surface area contributed by atoms with Gasteiger partial charge >= 0.3 is 0 Å². The molecule has 0 aromatic heterocycles. The van der Waals surface area contributed by atoms with E-state index in [0.29, 0.717) is 11.4 Å². The van der Waals surface area contributed by atoms with Crippen LogP contribution in [0.1, 0.15) is 23.7 Å². The van der Waals surface area contributed by atoms with Crippen molar-refractivity contribution in [1.29, 1.82) is 0 Å². The summed E-state index contributed by atoms with van der Waals surface area (Å²) in [5.74, 6) is -1.51. The molecule has 0 bridgehead atoms. The summed E-state index contributed by atoms with van der Waals surface area (Å²) in [6.07, 6.45) is 1.80. The van der Waals surface area contributed by atoms with Crippen molar-refractivity contribution in [2.75, 3.05) is 12.8 Å². The molecule has 0 saturated heterocycles. The molecule has 0 heterocycles. The highest BCUT2D eigenvalue weighted by Crippen LogP contribution is 2.35. The number of rotatable bonds is 8. The van der Waals surface area contributed by atoms with E-state index in [-0.39, 0.29) is 23.4 Å². The van der Waals surface area contributed by atoms with Gasteiger partial charge < -0.3 is 0 Å². The minimum absolute atomic E-state index is 0.0254. The number of halogens is 3. The highest BCUT2D eigenvalue weighted by atomic mass is 35.5. The Bertz CT molecular complexity index is 889. The van der Waals surface area contributed by atoms with E-state index in [9.17, 15) is 21.4 Å². The first-order valence-electron chi connectivity index (χ1n) is 7.73. The van der Waals surface area contributed by atoms with E-state index in [0.717, 1.165) is 18.2 Å². The number of hydrogen-bond acceptors (Lipinski definition) is 3. The van der Waals surface area contributed by atoms with Gasteiger partial charge in [-0.3, -0.25) is 0 Å². The highest BCUT2D eigenvalue weighted by Gasteiger charge is 2.31. The van der Waals surface area contributed by atoms with Crippen LogP contribution >= 0.6 is 11.6 Å². The van der Waals surface area contributed by atoms with Crippen molar-refractivity contribution in [3.63, 3.8) is 0 Å². The van der Waals surface area contributed by atoms with Gasteiger partial charge in [0.15, 0.2) is 9.84 Å². The molecular formula is C17H18ClF2NO3S2. The topological polar surface area (TPSA) is 63.2 Å². The zero-order valence-electron chi connectivity index (χ0n) is 13.9. The van der Waals surface area contributed by atoms with Crippen LogP contribution in [-0.4, -0.2) is 25.4 Å². The molecule has 9 heteroatoms. The molecule has 2 atom stereocenters. The molecule has 2 aromatic rings. The Morgan fingerprint density at radius 1 is 1.15 bits per heavy atom. The quantitative estimate of drug-likeness (QED) is 0.659. The van der Waals surface area contributed by atoms with Crippen LogP contribution in [0.3, 0.4) is 0 Å². The maximum Gasteiger partial charge on any atom is 0.185 e. The van der Waals surface area contributed by atoms with Gasteiger partial charge in [-0.2, -0.15) is 0 Å². The Hall–Kier alpha value is -1.35. The second-order valence-electron chi connectivity index (χ2n) is 5.64. The summed E-state index contributed by atoms with van der Waals surface area (Å²) in [6.45, 7) is 0.284. The number of benzene rings is 2. The average Bonchev–Trinajstić information content (AvgIpc) is 2.57. The lowest BCUT2D eigenvalue weighted by atomic mass is 10.1. The van der Waals surface area contributed by atoms with Gasteiger partial charge in [-0.1, -0.05) is 11.6 Å². The lowest BCUT2D eigenvalue weighted by Crippen LogP contribution is -2.20. The summed E-state index contributed by atoms with van der Waals surface area (Å²) in [5.41, 5.74) is -0.224. The SMILES string of the molecule is CS(=O)NCCCC(c1cc(F)ccc1F)S(=O)(=O)c1ccc(Cl)cc1. The van der Waals surface area contributed by atoms with Gasteiger partial charge in [0.1, 0.15) is 11.6 Å². The summed E-state index contributed by atoms with van der Waals surface area (Å²) in [4.78, 5) is -0.0254. The van der Waals surface area contributed by atoms with Crippen LogP contribution in [0.5, 0.6) is 0 Å². The number of nitrogens with one attached hydrogen (secondary N) is 1. The fourth-order valence-corrected chi connectivity index (χ4v) is 4.92. The van der Waals surface area contributed by atoms with Crippen molar-refractivity contribution in [3.8, 4) is 0 Å². The molecule has 4 nitrogen and oxygen atoms in total. The van der Waals surface area contributed by atoms with Crippen molar-refractivity contribution in [3.05, 3.63) is 64.7 Å². The molecule has 0 aliphatic rings. The predicted octanol–water partition coefficient (Wildman–Crippen LogP) is 3.80. The van der Waals surface area contributed by atoms with Crippen LogP contribution in [0.15, 0.2) is 47.4 Å². The van der Waals surface area contributed by atoms with Gasteiger partial charge in [-0.15, -0.1) is 0 Å². The summed E-state index contributed by atoms with van der Waals surface area (Å²) in [5, 5.41) is -0.904. The van der Waals surface area contributed by atoms with E-state index in [2.05, 4.69) is 4.72 Å². The fourth-order valence-electron chi connectivity index (χ4n) is 2.53. The molecule has 0 amide bonds. The van der Waals surface area contributed by atoms with Crippen molar-refractivity contribution in [1.82, 2.24) is 4.72 Å². The van der Waals surface area contributed by atoms with Crippen LogP contribution in [0, 0.1) is 11.6 Å². The lowest BCUT2D eigenvalue weighted by Gasteiger charge is -2.19. The molecule has 26 heavy (non-hydrogen) atoms. The van der Waals surface area contributed by atoms with E-state index in [1.54, 1.807) is 0 Å². The zero-order chi connectivity index (χ0) is 19.3. The Morgan fingerprint density at radius 3 is 2.42 bits per heavy atom. The minimum atomic E-state index is -3.98. The molecule has 2 aromatic carbocycles. The van der Waals surface area contributed by atoms with Crippen LogP contribution < -0.4 is 4.72 Å². The van der Waals surface area contributed by atoms with Crippen LogP contribution in [0.4, 0.5) is 8.78 Å². The summed E-state index contributed by atoms with van der Waals surface area (Å²) in [7, 11) is -5.22. The van der Waals surface area contributed by atoms with Crippen molar-refractivity contribution in [2.24, 2.45) is 0 Å². The Kier molecular flexibility index (Phi) is 7.28.